The summed E-state index contributed by atoms with van der Waals surface area (Å²) in [6.07, 6.45) is 3.30. The summed E-state index contributed by atoms with van der Waals surface area (Å²) < 4.78 is 2.36. The van der Waals surface area contributed by atoms with Crippen molar-refractivity contribution in [2.75, 3.05) is 0 Å². The van der Waals surface area contributed by atoms with Crippen LogP contribution in [-0.4, -0.2) is 19.7 Å². The van der Waals surface area contributed by atoms with Crippen molar-refractivity contribution >= 4 is 23.1 Å². The van der Waals surface area contributed by atoms with E-state index in [1.807, 2.05) is 13.8 Å². The fraction of sp³-hybridized carbons (Fsp3) is 0.333. The van der Waals surface area contributed by atoms with E-state index in [2.05, 4.69) is 15.2 Å². The Bertz CT molecular complexity index is 548. The molecule has 0 aliphatic carbocycles. The third-order valence-electron chi connectivity index (χ3n) is 1.91. The molecule has 5 nitrogen and oxygen atoms in total. The van der Waals surface area contributed by atoms with Gasteiger partial charge in [0.1, 0.15) is 5.01 Å². The summed E-state index contributed by atoms with van der Waals surface area (Å²) in [6, 6.07) is 0. The van der Waals surface area contributed by atoms with Gasteiger partial charge in [-0.2, -0.15) is 0 Å². The maximum absolute atomic E-state index is 11.8. The van der Waals surface area contributed by atoms with Crippen LogP contribution in [0.25, 0.3) is 0 Å². The van der Waals surface area contributed by atoms with Gasteiger partial charge >= 0.3 is 0 Å². The zero-order valence-electron chi connectivity index (χ0n) is 8.88. The quantitative estimate of drug-likeness (QED) is 0.832. The molecule has 0 amide bonds. The van der Waals surface area contributed by atoms with Gasteiger partial charge in [0.25, 0.3) is 5.56 Å². The second kappa shape index (κ2) is 4.75. The molecule has 16 heavy (non-hydrogen) atoms. The van der Waals surface area contributed by atoms with Gasteiger partial charge in [0.15, 0.2) is 9.37 Å². The van der Waals surface area contributed by atoms with Crippen LogP contribution in [-0.2, 0) is 6.54 Å². The van der Waals surface area contributed by atoms with Crippen LogP contribution in [0.4, 0.5) is 0 Å². The summed E-state index contributed by atoms with van der Waals surface area (Å²) in [4.78, 5) is 15.9. The molecule has 0 bridgehead atoms. The SMILES string of the molecule is CCn1ccnc(Sc2nnc(C)s2)c1=O. The smallest absolute Gasteiger partial charge is 0.283 e. The monoisotopic (exact) mass is 254 g/mol. The van der Waals surface area contributed by atoms with E-state index in [0.717, 1.165) is 9.35 Å². The van der Waals surface area contributed by atoms with Gasteiger partial charge in [-0.3, -0.25) is 4.79 Å². The van der Waals surface area contributed by atoms with Gasteiger partial charge in [0, 0.05) is 18.9 Å². The standard InChI is InChI=1S/C9H10N4OS2/c1-3-13-5-4-10-7(8(13)14)16-9-12-11-6(2)15-9/h4-5H,3H2,1-2H3. The van der Waals surface area contributed by atoms with Gasteiger partial charge in [0.05, 0.1) is 0 Å². The molecule has 2 aromatic rings. The molecule has 0 aromatic carbocycles. The first-order valence-corrected chi connectivity index (χ1v) is 6.37. The van der Waals surface area contributed by atoms with E-state index in [0.29, 0.717) is 11.6 Å². The zero-order valence-corrected chi connectivity index (χ0v) is 10.5. The van der Waals surface area contributed by atoms with Gasteiger partial charge in [-0.1, -0.05) is 11.3 Å². The lowest BCUT2D eigenvalue weighted by molar-refractivity contribution is 0.692. The molecule has 0 radical (unpaired) electrons. The van der Waals surface area contributed by atoms with Crippen molar-refractivity contribution in [1.82, 2.24) is 19.7 Å². The van der Waals surface area contributed by atoms with E-state index < -0.39 is 0 Å². The van der Waals surface area contributed by atoms with E-state index in [4.69, 9.17) is 0 Å². The molecule has 0 atom stereocenters. The van der Waals surface area contributed by atoms with Gasteiger partial charge < -0.3 is 4.57 Å². The highest BCUT2D eigenvalue weighted by Gasteiger charge is 2.09. The number of nitrogens with zero attached hydrogens (tertiary/aromatic N) is 4. The topological polar surface area (TPSA) is 60.7 Å². The fourth-order valence-corrected chi connectivity index (χ4v) is 2.90. The first-order chi connectivity index (χ1) is 7.70. The summed E-state index contributed by atoms with van der Waals surface area (Å²) in [5.41, 5.74) is -0.0807. The normalized spacial score (nSPS) is 10.6. The predicted molar refractivity (Wildman–Crippen MR) is 62.9 cm³/mol. The molecule has 0 saturated carbocycles. The van der Waals surface area contributed by atoms with Gasteiger partial charge in [-0.15, -0.1) is 10.2 Å². The van der Waals surface area contributed by atoms with Crippen LogP contribution >= 0.6 is 23.1 Å². The van der Waals surface area contributed by atoms with E-state index >= 15 is 0 Å². The third kappa shape index (κ3) is 2.30. The number of rotatable bonds is 3. The Hall–Kier alpha value is -1.21. The molecule has 2 heterocycles. The van der Waals surface area contributed by atoms with Crippen molar-refractivity contribution < 1.29 is 0 Å². The first kappa shape index (κ1) is 11.3. The molecule has 7 heteroatoms. The van der Waals surface area contributed by atoms with Crippen LogP contribution in [0.1, 0.15) is 11.9 Å². The van der Waals surface area contributed by atoms with Crippen molar-refractivity contribution in [2.45, 2.75) is 29.8 Å². The predicted octanol–water partition coefficient (Wildman–Crippen LogP) is 1.57. The van der Waals surface area contributed by atoms with E-state index in [1.54, 1.807) is 17.0 Å². The maximum atomic E-state index is 11.8. The highest BCUT2D eigenvalue weighted by molar-refractivity contribution is 8.00. The van der Waals surface area contributed by atoms with Crippen LogP contribution in [0.2, 0.25) is 0 Å². The average molecular weight is 254 g/mol. The molecular formula is C9H10N4OS2. The minimum atomic E-state index is -0.0807. The van der Waals surface area contributed by atoms with Crippen molar-refractivity contribution in [3.8, 4) is 0 Å². The second-order valence-electron chi connectivity index (χ2n) is 3.01. The Morgan fingerprint density at radius 3 is 2.94 bits per heavy atom. The van der Waals surface area contributed by atoms with Crippen molar-refractivity contribution in [1.29, 1.82) is 0 Å². The lowest BCUT2D eigenvalue weighted by atomic mass is 10.6. The summed E-state index contributed by atoms with van der Waals surface area (Å²) in [5.74, 6) is 0. The van der Waals surface area contributed by atoms with Crippen LogP contribution in [0.15, 0.2) is 26.6 Å². The Labute approximate surface area is 101 Å². The van der Waals surface area contributed by atoms with Gasteiger partial charge in [-0.05, 0) is 25.6 Å². The van der Waals surface area contributed by atoms with Gasteiger partial charge in [0.2, 0.25) is 0 Å². The van der Waals surface area contributed by atoms with E-state index in [9.17, 15) is 4.79 Å². The highest BCUT2D eigenvalue weighted by Crippen LogP contribution is 2.25. The van der Waals surface area contributed by atoms with Gasteiger partial charge in [-0.25, -0.2) is 4.98 Å². The maximum Gasteiger partial charge on any atom is 0.283 e. The van der Waals surface area contributed by atoms with E-state index in [-0.39, 0.29) is 5.56 Å². The summed E-state index contributed by atoms with van der Waals surface area (Å²) in [7, 11) is 0. The van der Waals surface area contributed by atoms with Crippen molar-refractivity contribution in [2.24, 2.45) is 0 Å². The third-order valence-corrected chi connectivity index (χ3v) is 3.78. The number of hydrogen-bond acceptors (Lipinski definition) is 6. The molecule has 0 aliphatic rings. The molecule has 2 rings (SSSR count). The average Bonchev–Trinajstić information content (AvgIpc) is 2.67. The van der Waals surface area contributed by atoms with Crippen molar-refractivity contribution in [3.63, 3.8) is 0 Å². The molecule has 0 spiro atoms. The zero-order chi connectivity index (χ0) is 11.5. The molecule has 0 N–H and O–H groups in total. The Kier molecular flexibility index (Phi) is 3.35. The van der Waals surface area contributed by atoms with E-state index in [1.165, 1.54) is 23.1 Å². The number of aryl methyl sites for hydroxylation is 2. The Morgan fingerprint density at radius 1 is 1.50 bits per heavy atom. The highest BCUT2D eigenvalue weighted by atomic mass is 32.2. The molecule has 84 valence electrons. The summed E-state index contributed by atoms with van der Waals surface area (Å²) >= 11 is 2.72. The summed E-state index contributed by atoms with van der Waals surface area (Å²) in [5, 5.41) is 9.18. The Morgan fingerprint density at radius 2 is 2.31 bits per heavy atom. The van der Waals surface area contributed by atoms with Crippen LogP contribution in [0, 0.1) is 6.92 Å². The molecule has 0 aliphatic heterocycles. The lowest BCUT2D eigenvalue weighted by Gasteiger charge is -2.01. The van der Waals surface area contributed by atoms with Crippen LogP contribution < -0.4 is 5.56 Å². The second-order valence-corrected chi connectivity index (χ2v) is 5.43. The summed E-state index contributed by atoms with van der Waals surface area (Å²) in [6.45, 7) is 4.44. The fourth-order valence-electron chi connectivity index (χ4n) is 1.15. The largest absolute Gasteiger partial charge is 0.312 e. The number of hydrogen-bond donors (Lipinski definition) is 0. The molecule has 0 fully saturated rings. The Balaban J connectivity index is 2.31. The molecular weight excluding hydrogens is 244 g/mol. The minimum absolute atomic E-state index is 0.0807. The molecule has 0 saturated heterocycles. The van der Waals surface area contributed by atoms with Crippen LogP contribution in [0.3, 0.4) is 0 Å². The first-order valence-electron chi connectivity index (χ1n) is 4.74. The van der Waals surface area contributed by atoms with Crippen molar-refractivity contribution in [3.05, 3.63) is 27.8 Å². The molecule has 0 unspecified atom stereocenters. The minimum Gasteiger partial charge on any atom is -0.312 e. The molecule has 2 aromatic heterocycles. The van der Waals surface area contributed by atoms with Crippen LogP contribution in [0.5, 0.6) is 0 Å². The lowest BCUT2D eigenvalue weighted by Crippen LogP contribution is -2.20. The number of aromatic nitrogens is 4.